The summed E-state index contributed by atoms with van der Waals surface area (Å²) >= 11 is 5.03. The lowest BCUT2D eigenvalue weighted by atomic mass is 10.2. The molecule has 0 N–H and O–H groups in total. The molecule has 4 heteroatoms. The molecule has 84 valence electrons. The van der Waals surface area contributed by atoms with Crippen LogP contribution in [0.5, 0.6) is 0 Å². The highest BCUT2D eigenvalue weighted by atomic mass is 79.9. The van der Waals surface area contributed by atoms with Gasteiger partial charge in [0.25, 0.3) is 0 Å². The highest BCUT2D eigenvalue weighted by Gasteiger charge is 2.03. The van der Waals surface area contributed by atoms with Crippen molar-refractivity contribution < 1.29 is 4.39 Å². The van der Waals surface area contributed by atoms with Crippen molar-refractivity contribution >= 4 is 27.7 Å². The zero-order valence-electron chi connectivity index (χ0n) is 8.96. The summed E-state index contributed by atoms with van der Waals surface area (Å²) in [5.74, 6) is 0.921. The Balaban J connectivity index is 2.53. The standard InChI is InChI=1S/C11H15BrFNS/c1-14(5-6-15-2)8-9-3-4-11(13)10(12)7-9/h3-4,7H,5-6,8H2,1-2H3. The molecule has 0 atom stereocenters. The maximum absolute atomic E-state index is 13.0. The number of hydrogen-bond acceptors (Lipinski definition) is 2. The molecule has 1 aromatic carbocycles. The third-order valence-corrected chi connectivity index (χ3v) is 3.31. The Labute approximate surface area is 103 Å². The van der Waals surface area contributed by atoms with Gasteiger partial charge in [0.15, 0.2) is 0 Å². The molecule has 0 aliphatic carbocycles. The van der Waals surface area contributed by atoms with Crippen molar-refractivity contribution in [3.63, 3.8) is 0 Å². The van der Waals surface area contributed by atoms with E-state index >= 15 is 0 Å². The third kappa shape index (κ3) is 4.53. The summed E-state index contributed by atoms with van der Waals surface area (Å²) in [6, 6.07) is 5.17. The molecule has 0 aliphatic heterocycles. The number of thioether (sulfide) groups is 1. The van der Waals surface area contributed by atoms with Crippen LogP contribution in [-0.2, 0) is 6.54 Å². The molecule has 15 heavy (non-hydrogen) atoms. The lowest BCUT2D eigenvalue weighted by Gasteiger charge is -2.16. The minimum Gasteiger partial charge on any atom is -0.301 e. The summed E-state index contributed by atoms with van der Waals surface area (Å²) in [6.07, 6.45) is 2.10. The van der Waals surface area contributed by atoms with Crippen molar-refractivity contribution in [1.29, 1.82) is 0 Å². The molecular formula is C11H15BrFNS. The van der Waals surface area contributed by atoms with Crippen molar-refractivity contribution in [3.8, 4) is 0 Å². The summed E-state index contributed by atoms with van der Waals surface area (Å²) in [5, 5.41) is 0. The second-order valence-electron chi connectivity index (χ2n) is 3.48. The second-order valence-corrected chi connectivity index (χ2v) is 5.32. The van der Waals surface area contributed by atoms with Crippen molar-refractivity contribution in [1.82, 2.24) is 4.90 Å². The summed E-state index contributed by atoms with van der Waals surface area (Å²) in [7, 11) is 2.08. The molecule has 0 spiro atoms. The van der Waals surface area contributed by atoms with Crippen LogP contribution in [0, 0.1) is 5.82 Å². The number of nitrogens with zero attached hydrogens (tertiary/aromatic N) is 1. The first-order valence-electron chi connectivity index (χ1n) is 4.75. The van der Waals surface area contributed by atoms with E-state index in [2.05, 4.69) is 34.1 Å². The molecule has 1 rings (SSSR count). The van der Waals surface area contributed by atoms with Crippen LogP contribution in [0.1, 0.15) is 5.56 Å². The fourth-order valence-electron chi connectivity index (χ4n) is 1.28. The summed E-state index contributed by atoms with van der Waals surface area (Å²) in [6.45, 7) is 1.91. The third-order valence-electron chi connectivity index (χ3n) is 2.11. The molecule has 0 amide bonds. The van der Waals surface area contributed by atoms with Gasteiger partial charge in [0, 0.05) is 18.8 Å². The highest BCUT2D eigenvalue weighted by molar-refractivity contribution is 9.10. The van der Waals surface area contributed by atoms with E-state index in [0.29, 0.717) is 4.47 Å². The topological polar surface area (TPSA) is 3.24 Å². The lowest BCUT2D eigenvalue weighted by Crippen LogP contribution is -2.20. The molecule has 0 fully saturated rings. The Hall–Kier alpha value is -0.0600. The summed E-state index contributed by atoms with van der Waals surface area (Å²) < 4.78 is 13.5. The van der Waals surface area contributed by atoms with Gasteiger partial charge in [-0.05, 0) is 46.9 Å². The zero-order valence-corrected chi connectivity index (χ0v) is 11.4. The van der Waals surface area contributed by atoms with Gasteiger partial charge in [-0.15, -0.1) is 0 Å². The molecule has 0 radical (unpaired) electrons. The van der Waals surface area contributed by atoms with Crippen LogP contribution < -0.4 is 0 Å². The van der Waals surface area contributed by atoms with Gasteiger partial charge in [-0.2, -0.15) is 11.8 Å². The molecule has 0 aromatic heterocycles. The van der Waals surface area contributed by atoms with E-state index < -0.39 is 0 Å². The minimum absolute atomic E-state index is 0.203. The van der Waals surface area contributed by atoms with Gasteiger partial charge in [-0.1, -0.05) is 6.07 Å². The average Bonchev–Trinajstić information content (AvgIpc) is 2.20. The van der Waals surface area contributed by atoms with E-state index in [1.165, 1.54) is 6.07 Å². The Morgan fingerprint density at radius 3 is 2.80 bits per heavy atom. The normalized spacial score (nSPS) is 11.0. The zero-order chi connectivity index (χ0) is 11.3. The highest BCUT2D eigenvalue weighted by Crippen LogP contribution is 2.17. The Morgan fingerprint density at radius 2 is 2.20 bits per heavy atom. The van der Waals surface area contributed by atoms with Gasteiger partial charge in [0.2, 0.25) is 0 Å². The van der Waals surface area contributed by atoms with Crippen LogP contribution in [0.15, 0.2) is 22.7 Å². The van der Waals surface area contributed by atoms with Crippen molar-refractivity contribution in [2.75, 3.05) is 25.6 Å². The first kappa shape index (κ1) is 13.0. The molecule has 0 heterocycles. The van der Waals surface area contributed by atoms with E-state index in [0.717, 1.165) is 24.4 Å². The van der Waals surface area contributed by atoms with Gasteiger partial charge in [-0.3, -0.25) is 0 Å². The molecule has 1 aromatic rings. The van der Waals surface area contributed by atoms with E-state index in [1.807, 2.05) is 23.9 Å². The van der Waals surface area contributed by atoms with Gasteiger partial charge in [0.1, 0.15) is 5.82 Å². The Morgan fingerprint density at radius 1 is 1.47 bits per heavy atom. The monoisotopic (exact) mass is 291 g/mol. The van der Waals surface area contributed by atoms with E-state index in [4.69, 9.17) is 0 Å². The quantitative estimate of drug-likeness (QED) is 0.818. The van der Waals surface area contributed by atoms with Crippen LogP contribution in [0.2, 0.25) is 0 Å². The predicted octanol–water partition coefficient (Wildman–Crippen LogP) is 3.38. The van der Waals surface area contributed by atoms with Crippen LogP contribution in [-0.4, -0.2) is 30.5 Å². The van der Waals surface area contributed by atoms with Gasteiger partial charge < -0.3 is 4.90 Å². The van der Waals surface area contributed by atoms with Gasteiger partial charge >= 0.3 is 0 Å². The maximum Gasteiger partial charge on any atom is 0.137 e. The van der Waals surface area contributed by atoms with Crippen molar-refractivity contribution in [2.24, 2.45) is 0 Å². The van der Waals surface area contributed by atoms with E-state index in [-0.39, 0.29) is 5.82 Å². The van der Waals surface area contributed by atoms with Gasteiger partial charge in [-0.25, -0.2) is 4.39 Å². The maximum atomic E-state index is 13.0. The fourth-order valence-corrected chi connectivity index (χ4v) is 2.20. The largest absolute Gasteiger partial charge is 0.301 e. The predicted molar refractivity (Wildman–Crippen MR) is 68.8 cm³/mol. The molecule has 0 bridgehead atoms. The van der Waals surface area contributed by atoms with Crippen molar-refractivity contribution in [2.45, 2.75) is 6.54 Å². The van der Waals surface area contributed by atoms with Crippen LogP contribution in [0.4, 0.5) is 4.39 Å². The Bertz CT molecular complexity index is 319. The molecule has 0 unspecified atom stereocenters. The fraction of sp³-hybridized carbons (Fsp3) is 0.455. The number of halogens is 2. The Kier molecular flexibility index (Phi) is 5.64. The van der Waals surface area contributed by atoms with E-state index in [1.54, 1.807) is 0 Å². The number of benzene rings is 1. The smallest absolute Gasteiger partial charge is 0.137 e. The molecule has 1 nitrogen and oxygen atoms in total. The first-order valence-corrected chi connectivity index (χ1v) is 6.93. The number of rotatable bonds is 5. The molecule has 0 saturated carbocycles. The SMILES string of the molecule is CSCCN(C)Cc1ccc(F)c(Br)c1. The van der Waals surface area contributed by atoms with E-state index in [9.17, 15) is 4.39 Å². The van der Waals surface area contributed by atoms with Crippen LogP contribution in [0.25, 0.3) is 0 Å². The minimum atomic E-state index is -0.203. The number of hydrogen-bond donors (Lipinski definition) is 0. The summed E-state index contributed by atoms with van der Waals surface area (Å²) in [4.78, 5) is 2.23. The molecule has 0 aliphatic rings. The lowest BCUT2D eigenvalue weighted by molar-refractivity contribution is 0.348. The average molecular weight is 292 g/mol. The van der Waals surface area contributed by atoms with Crippen LogP contribution >= 0.6 is 27.7 Å². The van der Waals surface area contributed by atoms with Gasteiger partial charge in [0.05, 0.1) is 4.47 Å². The summed E-state index contributed by atoms with van der Waals surface area (Å²) in [5.41, 5.74) is 1.13. The molecule has 0 saturated heterocycles. The second kappa shape index (κ2) is 6.51. The first-order chi connectivity index (χ1) is 7.13. The van der Waals surface area contributed by atoms with Crippen LogP contribution in [0.3, 0.4) is 0 Å². The molecular weight excluding hydrogens is 277 g/mol. The van der Waals surface area contributed by atoms with Crippen molar-refractivity contribution in [3.05, 3.63) is 34.1 Å².